The Balaban J connectivity index is 0.000000891. The maximum absolute atomic E-state index is 14.0. The normalized spacial score (nSPS) is 24.4. The third kappa shape index (κ3) is 6.21. The van der Waals surface area contributed by atoms with Crippen LogP contribution >= 0.6 is 18.6 Å². The molecule has 2 rings (SSSR count). The van der Waals surface area contributed by atoms with E-state index < -0.39 is 41.3 Å². The second kappa shape index (κ2) is 10.00. The quantitative estimate of drug-likeness (QED) is 0.378. The molecule has 3 unspecified atom stereocenters. The van der Waals surface area contributed by atoms with Crippen LogP contribution in [-0.2, 0) is 17.0 Å². The Morgan fingerprint density at radius 3 is 2.50 bits per heavy atom. The Kier molecular flexibility index (Phi) is 9.06. The number of benzene rings is 1. The minimum absolute atomic E-state index is 0.0137. The van der Waals surface area contributed by atoms with Crippen LogP contribution in [0.1, 0.15) is 30.4 Å². The summed E-state index contributed by atoms with van der Waals surface area (Å²) in [4.78, 5) is 3.94. The zero-order valence-corrected chi connectivity index (χ0v) is 15.9. The van der Waals surface area contributed by atoms with E-state index in [1.165, 1.54) is 6.21 Å². The molecule has 1 aromatic rings. The summed E-state index contributed by atoms with van der Waals surface area (Å²) < 4.78 is 52.1. The van der Waals surface area contributed by atoms with E-state index in [1.54, 1.807) is 25.1 Å². The number of hydrogen-bond acceptors (Lipinski definition) is 2. The number of halogens is 6. The van der Waals surface area contributed by atoms with Gasteiger partial charge < -0.3 is 5.11 Å². The van der Waals surface area contributed by atoms with Gasteiger partial charge in [0.15, 0.2) is 0 Å². The van der Waals surface area contributed by atoms with Gasteiger partial charge in [-0.25, -0.2) is 4.39 Å². The van der Waals surface area contributed by atoms with Crippen LogP contribution < -0.4 is 0 Å². The number of alkyl halides is 4. The van der Waals surface area contributed by atoms with E-state index in [4.69, 9.17) is 18.6 Å². The van der Waals surface area contributed by atoms with Gasteiger partial charge in [-0.05, 0) is 31.4 Å². The third-order valence-corrected chi connectivity index (χ3v) is 3.86. The molecule has 1 fully saturated rings. The van der Waals surface area contributed by atoms with Crippen molar-refractivity contribution >= 4 is 24.8 Å². The number of rotatable bonds is 2. The minimum atomic E-state index is -4.53. The Morgan fingerprint density at radius 2 is 1.92 bits per heavy atom. The molecule has 1 aliphatic carbocycles. The van der Waals surface area contributed by atoms with Gasteiger partial charge in [0.05, 0.1) is 12.0 Å². The van der Waals surface area contributed by atoms with E-state index in [0.717, 1.165) is 0 Å². The van der Waals surface area contributed by atoms with E-state index in [0.29, 0.717) is 17.5 Å². The Morgan fingerprint density at radius 1 is 1.29 bits per heavy atom. The second-order valence-electron chi connectivity index (χ2n) is 5.45. The Bertz CT molecular complexity index is 557. The summed E-state index contributed by atoms with van der Waals surface area (Å²) in [5.41, 5.74) is 1.02. The van der Waals surface area contributed by atoms with Crippen molar-refractivity contribution in [1.29, 1.82) is 0 Å². The first-order valence-corrected chi connectivity index (χ1v) is 11.5. The van der Waals surface area contributed by atoms with Gasteiger partial charge in [-0.2, -0.15) is 13.2 Å². The summed E-state index contributed by atoms with van der Waals surface area (Å²) in [5, 5.41) is 9.81. The van der Waals surface area contributed by atoms with Crippen LogP contribution in [0.4, 0.5) is 17.6 Å². The summed E-state index contributed by atoms with van der Waals surface area (Å²) in [6, 6.07) is 3.97. The van der Waals surface area contributed by atoms with Crippen LogP contribution in [0, 0.1) is 12.8 Å². The van der Waals surface area contributed by atoms with Gasteiger partial charge in [0.25, 0.3) is 0 Å². The number of nitrogens with zero attached hydrogens (tertiary/aromatic N) is 1. The molecule has 0 aromatic heterocycles. The third-order valence-electron chi connectivity index (χ3n) is 3.86. The average molecular weight is 422 g/mol. The van der Waals surface area contributed by atoms with E-state index in [1.807, 2.05) is 0 Å². The predicted octanol–water partition coefficient (Wildman–Crippen LogP) is 5.57. The van der Waals surface area contributed by atoms with Crippen molar-refractivity contribution < 1.29 is 39.7 Å². The molecule has 134 valence electrons. The predicted molar refractivity (Wildman–Crippen MR) is 84.2 cm³/mol. The summed E-state index contributed by atoms with van der Waals surface area (Å²) in [6.45, 7) is 1.70. The second-order valence-corrected chi connectivity index (χ2v) is 8.03. The van der Waals surface area contributed by atoms with Crippen molar-refractivity contribution in [1.82, 2.24) is 0 Å². The standard InChI is InChI=1S/C15H17F4NO.2ClH.Ti/c1-9-4-2-5-10(14(9)21)8-20-12-7-3-6-11(13(12)16)15(17,18)19;;;/h2,4-5,8,11-13,21H,3,6-7H2,1H3;2*1H;/q;;;+2/p-2. The Hall–Kier alpha value is -0.296. The molecule has 1 aromatic carbocycles. The molecule has 0 radical (unpaired) electrons. The fourth-order valence-electron chi connectivity index (χ4n) is 2.60. The van der Waals surface area contributed by atoms with Gasteiger partial charge in [0.1, 0.15) is 11.9 Å². The number of aromatic hydroxyl groups is 1. The molecule has 24 heavy (non-hydrogen) atoms. The molecule has 0 heterocycles. The topological polar surface area (TPSA) is 32.6 Å². The zero-order valence-electron chi connectivity index (χ0n) is 12.8. The van der Waals surface area contributed by atoms with Gasteiger partial charge in [-0.3, -0.25) is 4.99 Å². The number of phenolic OH excluding ortho intramolecular Hbond substituents is 1. The fraction of sp³-hybridized carbons (Fsp3) is 0.533. The molecule has 2 nitrogen and oxygen atoms in total. The molecular formula is C15H17Cl2F4NOTi. The first kappa shape index (κ1) is 21.7. The van der Waals surface area contributed by atoms with Crippen molar-refractivity contribution in [3.63, 3.8) is 0 Å². The Labute approximate surface area is 154 Å². The first-order valence-electron chi connectivity index (χ1n) is 7.21. The molecule has 3 atom stereocenters. The molecule has 0 aliphatic heterocycles. The van der Waals surface area contributed by atoms with Crippen molar-refractivity contribution in [2.45, 2.75) is 44.6 Å². The van der Waals surface area contributed by atoms with Gasteiger partial charge >= 0.3 is 41.8 Å². The maximum atomic E-state index is 14.0. The average Bonchev–Trinajstić information content (AvgIpc) is 2.49. The van der Waals surface area contributed by atoms with E-state index in [2.05, 4.69) is 4.99 Å². The molecule has 0 saturated heterocycles. The summed E-state index contributed by atoms with van der Waals surface area (Å²) in [6.07, 6.45) is -4.89. The first-order chi connectivity index (χ1) is 11.2. The van der Waals surface area contributed by atoms with Crippen LogP contribution in [0.3, 0.4) is 0 Å². The molecule has 1 N–H and O–H groups in total. The molecule has 9 heteroatoms. The van der Waals surface area contributed by atoms with E-state index in [-0.39, 0.29) is 18.6 Å². The number of para-hydroxylation sites is 1. The summed E-state index contributed by atoms with van der Waals surface area (Å²) in [7, 11) is 9.78. The van der Waals surface area contributed by atoms with Crippen LogP contribution in [-0.4, -0.2) is 29.7 Å². The van der Waals surface area contributed by atoms with Gasteiger partial charge in [0, 0.05) is 11.8 Å². The number of aliphatic imine (C=N–C) groups is 1. The molecule has 1 saturated carbocycles. The molecule has 0 bridgehead atoms. The molecule has 0 spiro atoms. The zero-order chi connectivity index (χ0) is 18.3. The van der Waals surface area contributed by atoms with Crippen molar-refractivity contribution in [2.75, 3.05) is 0 Å². The fourth-order valence-corrected chi connectivity index (χ4v) is 2.60. The van der Waals surface area contributed by atoms with Crippen molar-refractivity contribution in [2.24, 2.45) is 10.9 Å². The van der Waals surface area contributed by atoms with Crippen molar-refractivity contribution in [3.05, 3.63) is 29.3 Å². The molecular weight excluding hydrogens is 405 g/mol. The van der Waals surface area contributed by atoms with Crippen molar-refractivity contribution in [3.8, 4) is 5.75 Å². The van der Waals surface area contributed by atoms with Gasteiger partial charge in [0.2, 0.25) is 0 Å². The molecule has 0 amide bonds. The SMILES string of the molecule is Cc1cccc(C=NC2CCCC(C(F)(F)F)C2F)c1O.[Cl][Ti][Cl]. The van der Waals surface area contributed by atoms with Gasteiger partial charge in [-0.15, -0.1) is 0 Å². The van der Waals surface area contributed by atoms with E-state index in [9.17, 15) is 22.7 Å². The monoisotopic (exact) mass is 421 g/mol. The summed E-state index contributed by atoms with van der Waals surface area (Å²) in [5.74, 6) is -1.93. The van der Waals surface area contributed by atoms with Gasteiger partial charge in [-0.1, -0.05) is 18.6 Å². The van der Waals surface area contributed by atoms with Crippen LogP contribution in [0.25, 0.3) is 0 Å². The number of aryl methyl sites for hydroxylation is 1. The van der Waals surface area contributed by atoms with Crippen LogP contribution in [0.2, 0.25) is 0 Å². The number of hydrogen-bond donors (Lipinski definition) is 1. The molecule has 1 aliphatic rings. The van der Waals surface area contributed by atoms with Crippen LogP contribution in [0.15, 0.2) is 23.2 Å². The van der Waals surface area contributed by atoms with Crippen LogP contribution in [0.5, 0.6) is 5.75 Å². The number of phenols is 1. The van der Waals surface area contributed by atoms with E-state index >= 15 is 0 Å². The summed E-state index contributed by atoms with van der Waals surface area (Å²) >= 11 is -0.556.